The van der Waals surface area contributed by atoms with Crippen LogP contribution in [-0.4, -0.2) is 4.98 Å². The molecule has 0 aliphatic rings. The van der Waals surface area contributed by atoms with Crippen LogP contribution in [0.3, 0.4) is 0 Å². The van der Waals surface area contributed by atoms with Gasteiger partial charge < -0.3 is 15.4 Å². The highest BCUT2D eigenvalue weighted by Crippen LogP contribution is 2.48. The monoisotopic (exact) mass is 890 g/mol. The van der Waals surface area contributed by atoms with Crippen LogP contribution >= 0.6 is 0 Å². The van der Waals surface area contributed by atoms with Crippen molar-refractivity contribution < 1.29 is 18.4 Å². The summed E-state index contributed by atoms with van der Waals surface area (Å²) in [5.74, 6) is 1.81. The minimum Gasteiger partial charge on any atom is -0.457 e. The number of anilines is 7. The number of para-hydroxylation sites is 4. The first kappa shape index (κ1) is 32.9. The van der Waals surface area contributed by atoms with Crippen molar-refractivity contribution in [2.75, 3.05) is 15.5 Å². The van der Waals surface area contributed by atoms with Gasteiger partial charge in [-0.15, -0.1) is 0 Å². The zero-order valence-electron chi connectivity index (χ0n) is 47.7. The molecule has 0 aliphatic heterocycles. The Hall–Kier alpha value is -8.67. The first-order valence-electron chi connectivity index (χ1n) is 27.3. The third kappa shape index (κ3) is 9.51. The molecule has 9 aromatic carbocycles. The SMILES string of the molecule is [2H]c1c([2H])c([2H])c(-c2cccc(-c3c([2H])c([2H])c([2H])c([2H])c3[2H])c2Nc2ccccc2Nc2cccc(Oc3cccc(N(c4cc(C(C)(C)C)ccn4)c4c(-c5ccccc5)cccc4-c4ccccc4)c3)c2)c([2H])c1[2H]. The van der Waals surface area contributed by atoms with Crippen molar-refractivity contribution in [3.05, 3.63) is 254 Å². The van der Waals surface area contributed by atoms with Crippen LogP contribution in [0.5, 0.6) is 11.5 Å². The van der Waals surface area contributed by atoms with E-state index in [0.717, 1.165) is 45.0 Å². The van der Waals surface area contributed by atoms with E-state index in [1.165, 1.54) is 0 Å². The fourth-order valence-corrected chi connectivity index (χ4v) is 8.19. The average Bonchev–Trinajstić information content (AvgIpc) is 3.65. The molecule has 0 saturated heterocycles. The summed E-state index contributed by atoms with van der Waals surface area (Å²) in [5.41, 5.74) is 8.67. The lowest BCUT2D eigenvalue weighted by Crippen LogP contribution is -2.17. The molecule has 0 bridgehead atoms. The van der Waals surface area contributed by atoms with E-state index < -0.39 is 60.4 Å². The van der Waals surface area contributed by atoms with E-state index in [4.69, 9.17) is 23.4 Å². The zero-order valence-corrected chi connectivity index (χ0v) is 37.7. The molecule has 2 N–H and O–H groups in total. The van der Waals surface area contributed by atoms with Crippen LogP contribution in [-0.2, 0) is 5.41 Å². The molecule has 0 aliphatic carbocycles. The Bertz CT molecular complexity index is 3700. The topological polar surface area (TPSA) is 49.4 Å². The average molecular weight is 891 g/mol. The molecule has 10 aromatic rings. The molecule has 10 rings (SSSR count). The predicted octanol–water partition coefficient (Wildman–Crippen LogP) is 17.8. The predicted molar refractivity (Wildman–Crippen MR) is 285 cm³/mol. The van der Waals surface area contributed by atoms with Gasteiger partial charge in [0.2, 0.25) is 0 Å². The molecule has 1 heterocycles. The summed E-state index contributed by atoms with van der Waals surface area (Å²) < 4.78 is 93.0. The van der Waals surface area contributed by atoms with Gasteiger partial charge in [0.15, 0.2) is 0 Å². The number of hydrogen-bond acceptors (Lipinski definition) is 5. The van der Waals surface area contributed by atoms with Crippen LogP contribution in [0.1, 0.15) is 40.0 Å². The van der Waals surface area contributed by atoms with E-state index in [0.29, 0.717) is 28.6 Å². The maximum absolute atomic E-state index is 8.93. The van der Waals surface area contributed by atoms with Gasteiger partial charge in [0.1, 0.15) is 17.3 Å². The van der Waals surface area contributed by atoms with Crippen molar-refractivity contribution in [2.24, 2.45) is 0 Å². The van der Waals surface area contributed by atoms with Gasteiger partial charge in [-0.05, 0) is 81.8 Å². The fraction of sp³-hybridized carbons (Fsp3) is 0.0635. The highest BCUT2D eigenvalue weighted by atomic mass is 16.5. The van der Waals surface area contributed by atoms with Gasteiger partial charge >= 0.3 is 0 Å². The number of nitrogens with zero attached hydrogens (tertiary/aromatic N) is 2. The van der Waals surface area contributed by atoms with Gasteiger partial charge in [0.05, 0.1) is 42.1 Å². The summed E-state index contributed by atoms with van der Waals surface area (Å²) in [7, 11) is 0. The molecule has 0 fully saturated rings. The molecular weight excluding hydrogens is 829 g/mol. The van der Waals surface area contributed by atoms with Gasteiger partial charge in [-0.3, -0.25) is 4.90 Å². The van der Waals surface area contributed by atoms with Gasteiger partial charge in [-0.2, -0.15) is 0 Å². The normalized spacial score (nSPS) is 13.2. The molecule has 0 saturated carbocycles. The summed E-state index contributed by atoms with van der Waals surface area (Å²) in [6.07, 6.45) is 1.86. The lowest BCUT2D eigenvalue weighted by Gasteiger charge is -2.31. The summed E-state index contributed by atoms with van der Waals surface area (Å²) in [5, 5.41) is 6.90. The molecule has 5 heteroatoms. The van der Waals surface area contributed by atoms with E-state index in [-0.39, 0.29) is 33.4 Å². The first-order chi connectivity index (χ1) is 37.5. The Morgan fingerprint density at radius 2 is 0.985 bits per heavy atom. The van der Waals surface area contributed by atoms with Crippen molar-refractivity contribution in [1.82, 2.24) is 4.98 Å². The molecule has 0 unspecified atom stereocenters. The second-order valence-corrected chi connectivity index (χ2v) is 17.1. The van der Waals surface area contributed by atoms with Crippen molar-refractivity contribution >= 4 is 39.9 Å². The number of nitrogens with one attached hydrogen (secondary N) is 2. The second kappa shape index (κ2) is 19.4. The standard InChI is InChI=1S/C63H52N4O/c1-63(2,3)49-40-41-64-60(42-49)67(62-56(47-26-12-6-13-27-47)36-21-37-57(62)48-28-14-7-15-29-48)51-31-19-33-53(44-51)68-52-32-18-30-50(43-52)65-58-38-16-17-39-59(58)66-61-54(45-22-8-4-9-23-45)34-20-35-55(61)46-24-10-5-11-25-46/h4-44,65-66H,1-3H3/i4D,5D,8D,9D,10D,11D,22D,23D,24D,25D. The Morgan fingerprint density at radius 3 is 1.57 bits per heavy atom. The molecule has 5 nitrogen and oxygen atoms in total. The van der Waals surface area contributed by atoms with E-state index in [1.807, 2.05) is 97.2 Å². The summed E-state index contributed by atoms with van der Waals surface area (Å²) in [4.78, 5) is 7.25. The van der Waals surface area contributed by atoms with E-state index in [1.54, 1.807) is 30.3 Å². The highest BCUT2D eigenvalue weighted by molar-refractivity contribution is 5.98. The Balaban J connectivity index is 1.04. The number of benzene rings is 9. The van der Waals surface area contributed by atoms with Gasteiger partial charge in [-0.25, -0.2) is 4.98 Å². The molecule has 0 radical (unpaired) electrons. The minimum absolute atomic E-state index is 0.132. The lowest BCUT2D eigenvalue weighted by atomic mass is 9.87. The van der Waals surface area contributed by atoms with Crippen LogP contribution in [0.15, 0.2) is 249 Å². The Morgan fingerprint density at radius 1 is 0.471 bits per heavy atom. The molecule has 0 atom stereocenters. The number of pyridine rings is 1. The Kier molecular flexibility index (Phi) is 9.40. The molecule has 0 spiro atoms. The largest absolute Gasteiger partial charge is 0.457 e. The smallest absolute Gasteiger partial charge is 0.137 e. The second-order valence-electron chi connectivity index (χ2n) is 17.1. The van der Waals surface area contributed by atoms with Crippen LogP contribution in [0.25, 0.3) is 44.5 Å². The lowest BCUT2D eigenvalue weighted by molar-refractivity contribution is 0.483. The molecule has 68 heavy (non-hydrogen) atoms. The number of aromatic nitrogens is 1. The van der Waals surface area contributed by atoms with Crippen LogP contribution in [0.4, 0.5) is 39.9 Å². The number of ether oxygens (including phenoxy) is 1. The zero-order chi connectivity index (χ0) is 55.0. The first-order valence-corrected chi connectivity index (χ1v) is 22.3. The number of hydrogen-bond donors (Lipinski definition) is 2. The fourth-order valence-electron chi connectivity index (χ4n) is 8.19. The summed E-state index contributed by atoms with van der Waals surface area (Å²) in [6, 6.07) is 53.3. The molecular formula is C63H52N4O. The van der Waals surface area contributed by atoms with Crippen molar-refractivity contribution in [1.29, 1.82) is 0 Å². The van der Waals surface area contributed by atoms with Crippen LogP contribution in [0.2, 0.25) is 0 Å². The van der Waals surface area contributed by atoms with Crippen molar-refractivity contribution in [3.63, 3.8) is 0 Å². The quantitative estimate of drug-likeness (QED) is 0.121. The van der Waals surface area contributed by atoms with Gasteiger partial charge in [0.25, 0.3) is 0 Å². The molecule has 0 amide bonds. The van der Waals surface area contributed by atoms with Gasteiger partial charge in [0, 0.05) is 46.3 Å². The van der Waals surface area contributed by atoms with Gasteiger partial charge in [-0.1, -0.05) is 203 Å². The van der Waals surface area contributed by atoms with Crippen LogP contribution < -0.4 is 20.3 Å². The molecule has 1 aromatic heterocycles. The van der Waals surface area contributed by atoms with E-state index >= 15 is 0 Å². The van der Waals surface area contributed by atoms with E-state index in [2.05, 4.69) is 97.0 Å². The van der Waals surface area contributed by atoms with Crippen LogP contribution in [0, 0.1) is 0 Å². The minimum atomic E-state index is -0.568. The van der Waals surface area contributed by atoms with E-state index in [9.17, 15) is 0 Å². The maximum atomic E-state index is 8.93. The highest BCUT2D eigenvalue weighted by Gasteiger charge is 2.25. The number of rotatable bonds is 13. The molecule has 330 valence electrons. The Labute approximate surface area is 414 Å². The third-order valence-electron chi connectivity index (χ3n) is 11.5. The summed E-state index contributed by atoms with van der Waals surface area (Å²) in [6.45, 7) is 6.57. The summed E-state index contributed by atoms with van der Waals surface area (Å²) >= 11 is 0. The van der Waals surface area contributed by atoms with Crippen molar-refractivity contribution in [2.45, 2.75) is 26.2 Å². The third-order valence-corrected chi connectivity index (χ3v) is 11.5. The van der Waals surface area contributed by atoms with Crippen molar-refractivity contribution in [3.8, 4) is 56.0 Å². The maximum Gasteiger partial charge on any atom is 0.137 e.